The van der Waals surface area contributed by atoms with E-state index in [4.69, 9.17) is 14.6 Å². The van der Waals surface area contributed by atoms with E-state index in [1.807, 2.05) is 62.4 Å². The molecule has 190 valence electrons. The summed E-state index contributed by atoms with van der Waals surface area (Å²) in [6, 6.07) is 23.6. The lowest BCUT2D eigenvalue weighted by atomic mass is 9.77. The molecule has 2 atom stereocenters. The molecule has 1 aliphatic heterocycles. The number of nitrogens with zero attached hydrogens (tertiary/aromatic N) is 2. The fourth-order valence-electron chi connectivity index (χ4n) is 5.21. The average Bonchev–Trinajstić information content (AvgIpc) is 3.31. The van der Waals surface area contributed by atoms with Crippen molar-refractivity contribution < 1.29 is 14.3 Å². The molecule has 0 unspecified atom stereocenters. The molecule has 6 heteroatoms. The quantitative estimate of drug-likeness (QED) is 0.298. The van der Waals surface area contributed by atoms with Crippen LogP contribution in [0.3, 0.4) is 0 Å². The highest BCUT2D eigenvalue weighted by Crippen LogP contribution is 2.45. The molecular formula is C31H31BrN2O3. The number of fused-ring (bicyclic) bond motifs is 1. The zero-order valence-electron chi connectivity index (χ0n) is 21.2. The fraction of sp³-hybridized carbons (Fsp3) is 0.290. The van der Waals surface area contributed by atoms with E-state index in [0.29, 0.717) is 18.8 Å². The molecule has 0 radical (unpaired) electrons. The standard InChI is InChI=1S/C31H31BrN2O3/c1-3-36-26-15-11-21(12-16-26)19-23-7-6-10-28-29(23)33-34(31(35)24-8-5-9-25(32)20-24)30(28)22-13-17-27(18-14-22)37-4-2/h5,8-9,11-20,28,30H,3-4,6-7,10H2,1-2H3/b23-19+/t28-,30+/m0/s1. The Morgan fingerprint density at radius 1 is 1.00 bits per heavy atom. The highest BCUT2D eigenvalue weighted by molar-refractivity contribution is 9.10. The van der Waals surface area contributed by atoms with Crippen LogP contribution in [0, 0.1) is 5.92 Å². The zero-order chi connectivity index (χ0) is 25.8. The summed E-state index contributed by atoms with van der Waals surface area (Å²) >= 11 is 3.51. The van der Waals surface area contributed by atoms with Crippen molar-refractivity contribution in [1.29, 1.82) is 0 Å². The molecule has 1 aliphatic carbocycles. The van der Waals surface area contributed by atoms with Crippen LogP contribution in [-0.2, 0) is 0 Å². The highest BCUT2D eigenvalue weighted by atomic mass is 79.9. The first-order valence-corrected chi connectivity index (χ1v) is 13.7. The summed E-state index contributed by atoms with van der Waals surface area (Å²) in [5.74, 6) is 1.74. The normalized spacial score (nSPS) is 19.9. The van der Waals surface area contributed by atoms with Crippen LogP contribution >= 0.6 is 15.9 Å². The lowest BCUT2D eigenvalue weighted by Crippen LogP contribution is -2.31. The smallest absolute Gasteiger partial charge is 0.274 e. The molecule has 3 aromatic carbocycles. The number of carbonyl (C=O) groups excluding carboxylic acids is 1. The second-order valence-corrected chi connectivity index (χ2v) is 10.2. The van der Waals surface area contributed by atoms with Gasteiger partial charge in [0.15, 0.2) is 0 Å². The van der Waals surface area contributed by atoms with E-state index < -0.39 is 0 Å². The molecule has 0 bridgehead atoms. The predicted molar refractivity (Wildman–Crippen MR) is 151 cm³/mol. The number of benzene rings is 3. The first kappa shape index (κ1) is 25.3. The SMILES string of the molecule is CCOc1ccc(/C=C2\CCC[C@H]3C2=NN(C(=O)c2cccc(Br)c2)[C@@H]3c2ccc(OCC)cc2)cc1. The minimum Gasteiger partial charge on any atom is -0.494 e. The van der Waals surface area contributed by atoms with Crippen molar-refractivity contribution in [1.82, 2.24) is 5.01 Å². The maximum atomic E-state index is 13.8. The van der Waals surface area contributed by atoms with Crippen molar-refractivity contribution in [3.63, 3.8) is 0 Å². The largest absolute Gasteiger partial charge is 0.494 e. The number of rotatable bonds is 7. The van der Waals surface area contributed by atoms with Gasteiger partial charge in [-0.15, -0.1) is 0 Å². The van der Waals surface area contributed by atoms with Gasteiger partial charge in [-0.05, 0) is 98.4 Å². The van der Waals surface area contributed by atoms with Crippen molar-refractivity contribution in [3.05, 3.63) is 99.5 Å². The lowest BCUT2D eigenvalue weighted by molar-refractivity contribution is 0.0680. The van der Waals surface area contributed by atoms with Crippen molar-refractivity contribution >= 4 is 33.6 Å². The molecule has 2 aliphatic rings. The molecule has 1 amide bonds. The summed E-state index contributed by atoms with van der Waals surface area (Å²) in [6.45, 7) is 5.22. The van der Waals surface area contributed by atoms with Crippen LogP contribution in [0.25, 0.3) is 6.08 Å². The molecule has 3 aromatic rings. The molecule has 1 saturated carbocycles. The minimum atomic E-state index is -0.166. The molecule has 1 fully saturated rings. The predicted octanol–water partition coefficient (Wildman–Crippen LogP) is 7.68. The number of carbonyl (C=O) groups is 1. The van der Waals surface area contributed by atoms with Gasteiger partial charge in [0, 0.05) is 16.0 Å². The van der Waals surface area contributed by atoms with Crippen molar-refractivity contribution in [2.24, 2.45) is 11.0 Å². The summed E-state index contributed by atoms with van der Waals surface area (Å²) in [7, 11) is 0. The molecule has 0 aromatic heterocycles. The number of hydrazone groups is 1. The van der Waals surface area contributed by atoms with Crippen LogP contribution in [-0.4, -0.2) is 29.8 Å². The Balaban J connectivity index is 1.52. The van der Waals surface area contributed by atoms with E-state index in [-0.39, 0.29) is 17.9 Å². The monoisotopic (exact) mass is 558 g/mol. The maximum Gasteiger partial charge on any atom is 0.274 e. The van der Waals surface area contributed by atoms with Crippen LogP contribution in [0.15, 0.2) is 87.9 Å². The highest BCUT2D eigenvalue weighted by Gasteiger charge is 2.44. The van der Waals surface area contributed by atoms with Gasteiger partial charge in [-0.25, -0.2) is 5.01 Å². The maximum absolute atomic E-state index is 13.8. The molecule has 5 nitrogen and oxygen atoms in total. The molecule has 0 saturated heterocycles. The first-order chi connectivity index (χ1) is 18.1. The average molecular weight is 560 g/mol. The van der Waals surface area contributed by atoms with Crippen LogP contribution < -0.4 is 9.47 Å². The number of allylic oxidation sites excluding steroid dienone is 1. The minimum absolute atomic E-state index is 0.0949. The van der Waals surface area contributed by atoms with E-state index >= 15 is 0 Å². The van der Waals surface area contributed by atoms with E-state index in [1.165, 1.54) is 5.57 Å². The van der Waals surface area contributed by atoms with E-state index in [2.05, 4.69) is 46.3 Å². The van der Waals surface area contributed by atoms with Gasteiger partial charge in [0.1, 0.15) is 11.5 Å². The van der Waals surface area contributed by atoms with E-state index in [0.717, 1.165) is 52.1 Å². The Bertz CT molecular complexity index is 1320. The number of amides is 1. The molecular weight excluding hydrogens is 528 g/mol. The third-order valence-electron chi connectivity index (χ3n) is 6.85. The second-order valence-electron chi connectivity index (χ2n) is 9.26. The Kier molecular flexibility index (Phi) is 7.75. The molecule has 0 N–H and O–H groups in total. The van der Waals surface area contributed by atoms with Gasteiger partial charge in [-0.2, -0.15) is 5.10 Å². The fourth-order valence-corrected chi connectivity index (χ4v) is 5.61. The summed E-state index contributed by atoms with van der Waals surface area (Å²) in [4.78, 5) is 13.8. The lowest BCUT2D eigenvalue weighted by Gasteiger charge is -2.30. The van der Waals surface area contributed by atoms with Crippen molar-refractivity contribution in [2.75, 3.05) is 13.2 Å². The Morgan fingerprint density at radius 2 is 1.68 bits per heavy atom. The van der Waals surface area contributed by atoms with E-state index in [9.17, 15) is 4.79 Å². The van der Waals surface area contributed by atoms with Crippen LogP contribution in [0.2, 0.25) is 0 Å². The van der Waals surface area contributed by atoms with Crippen LogP contribution in [0.4, 0.5) is 0 Å². The topological polar surface area (TPSA) is 51.1 Å². The Morgan fingerprint density at radius 3 is 2.32 bits per heavy atom. The molecule has 0 spiro atoms. The number of ether oxygens (including phenoxy) is 2. The zero-order valence-corrected chi connectivity index (χ0v) is 22.8. The van der Waals surface area contributed by atoms with Gasteiger partial charge in [-0.1, -0.05) is 46.3 Å². The number of hydrogen-bond acceptors (Lipinski definition) is 4. The van der Waals surface area contributed by atoms with Gasteiger partial charge in [0.25, 0.3) is 5.91 Å². The van der Waals surface area contributed by atoms with Crippen LogP contribution in [0.1, 0.15) is 60.6 Å². The van der Waals surface area contributed by atoms with Crippen LogP contribution in [0.5, 0.6) is 11.5 Å². The molecule has 5 rings (SSSR count). The summed E-state index contributed by atoms with van der Waals surface area (Å²) in [6.07, 6.45) is 5.19. The van der Waals surface area contributed by atoms with Gasteiger partial charge in [0.05, 0.1) is 25.0 Å². The van der Waals surface area contributed by atoms with Gasteiger partial charge < -0.3 is 9.47 Å². The van der Waals surface area contributed by atoms with Gasteiger partial charge >= 0.3 is 0 Å². The van der Waals surface area contributed by atoms with Crippen molar-refractivity contribution in [3.8, 4) is 11.5 Å². The summed E-state index contributed by atoms with van der Waals surface area (Å²) < 4.78 is 12.1. The molecule has 37 heavy (non-hydrogen) atoms. The number of halogens is 1. The van der Waals surface area contributed by atoms with Gasteiger partial charge in [0.2, 0.25) is 0 Å². The Hall–Kier alpha value is -3.38. The van der Waals surface area contributed by atoms with Crippen molar-refractivity contribution in [2.45, 2.75) is 39.2 Å². The Labute approximate surface area is 226 Å². The third kappa shape index (κ3) is 5.49. The van der Waals surface area contributed by atoms with E-state index in [1.54, 1.807) is 5.01 Å². The first-order valence-electron chi connectivity index (χ1n) is 12.9. The third-order valence-corrected chi connectivity index (χ3v) is 7.34. The summed E-state index contributed by atoms with van der Waals surface area (Å²) in [5.41, 5.74) is 5.00. The second kappa shape index (κ2) is 11.3. The number of hydrogen-bond donors (Lipinski definition) is 0. The summed E-state index contributed by atoms with van der Waals surface area (Å²) in [5, 5.41) is 6.72. The molecule has 1 heterocycles. The van der Waals surface area contributed by atoms with Gasteiger partial charge in [-0.3, -0.25) is 4.79 Å².